The predicted octanol–water partition coefficient (Wildman–Crippen LogP) is 5.99. The van der Waals surface area contributed by atoms with Crippen molar-refractivity contribution in [3.8, 4) is 0 Å². The number of amides is 1. The summed E-state index contributed by atoms with van der Waals surface area (Å²) >= 11 is 6.52. The van der Waals surface area contributed by atoms with E-state index in [1.807, 2.05) is 6.07 Å². The zero-order valence-corrected chi connectivity index (χ0v) is 29.4. The molecule has 1 aliphatic rings. The molecule has 1 aliphatic heterocycles. The highest BCUT2D eigenvalue weighted by molar-refractivity contribution is 7.89. The summed E-state index contributed by atoms with van der Waals surface area (Å²) in [6.07, 6.45) is 2.13. The number of para-hydroxylation sites is 1. The van der Waals surface area contributed by atoms with Crippen LogP contribution in [0, 0.1) is 20.2 Å². The minimum atomic E-state index is -4.49. The van der Waals surface area contributed by atoms with Crippen molar-refractivity contribution in [3.05, 3.63) is 127 Å². The van der Waals surface area contributed by atoms with Crippen LogP contribution in [-0.4, -0.2) is 62.6 Å². The number of halogens is 1. The third-order valence-corrected chi connectivity index (χ3v) is 11.8. The Balaban J connectivity index is 1.42. The van der Waals surface area contributed by atoms with Gasteiger partial charge in [0, 0.05) is 61.3 Å². The normalized spacial score (nSPS) is 14.0. The van der Waals surface area contributed by atoms with Gasteiger partial charge in [0.15, 0.2) is 0 Å². The van der Waals surface area contributed by atoms with E-state index in [9.17, 15) is 41.9 Å². The molecule has 1 fully saturated rings. The highest BCUT2D eigenvalue weighted by atomic mass is 35.5. The number of rotatable bonds is 14. The van der Waals surface area contributed by atoms with Crippen molar-refractivity contribution in [2.45, 2.75) is 42.1 Å². The van der Waals surface area contributed by atoms with Crippen molar-refractivity contribution in [2.75, 3.05) is 29.9 Å². The zero-order chi connectivity index (χ0) is 36.9. The fourth-order valence-corrected chi connectivity index (χ4v) is 8.26. The molecule has 51 heavy (non-hydrogen) atoms. The molecule has 0 radical (unpaired) electrons. The molecule has 0 spiro atoms. The van der Waals surface area contributed by atoms with Crippen LogP contribution in [0.3, 0.4) is 0 Å². The molecule has 1 heterocycles. The van der Waals surface area contributed by atoms with Crippen LogP contribution >= 0.6 is 11.6 Å². The second-order valence-electron chi connectivity index (χ2n) is 11.6. The van der Waals surface area contributed by atoms with E-state index in [0.717, 1.165) is 84.5 Å². The molecule has 1 atom stereocenters. The molecule has 4 aromatic rings. The van der Waals surface area contributed by atoms with Crippen LogP contribution < -0.4 is 10.2 Å². The molecule has 18 heteroatoms. The van der Waals surface area contributed by atoms with Crippen molar-refractivity contribution in [2.24, 2.45) is 0 Å². The standard InChI is InChI=1S/C33H32ClN5O10S2/c1-23(22-49-51(47,48)29-15-10-26(11-16-29)39(43)44)37(50(45,46)28-13-8-25(9-14-28)38(41)42)21-24-6-2-3-7-32(24)35-33(40)30-17-12-27(20-31(30)34)36-18-4-5-19-36/h2-3,6-17,20,23H,4-5,18-19,21-22H2,1H3,(H,35,40)/t23-/m1/s1. The SMILES string of the molecule is C[C@H](COS(=O)(=O)c1ccc([N+](=O)[O-])cc1)N(Cc1ccccc1NC(=O)c1ccc(N2CCCC2)cc1Cl)S(=O)(=O)c1ccc([N+](=O)[O-])cc1. The second-order valence-corrected chi connectivity index (χ2v) is 15.5. The molecule has 5 rings (SSSR count). The number of benzene rings is 4. The average molecular weight is 758 g/mol. The lowest BCUT2D eigenvalue weighted by Gasteiger charge is -2.29. The van der Waals surface area contributed by atoms with E-state index >= 15 is 0 Å². The summed E-state index contributed by atoms with van der Waals surface area (Å²) in [5.74, 6) is -0.546. The van der Waals surface area contributed by atoms with Crippen molar-refractivity contribution >= 4 is 60.4 Å². The number of anilines is 2. The summed E-state index contributed by atoms with van der Waals surface area (Å²) in [6, 6.07) is 18.5. The monoisotopic (exact) mass is 757 g/mol. The third-order valence-electron chi connectivity index (χ3n) is 8.21. The van der Waals surface area contributed by atoms with Gasteiger partial charge < -0.3 is 10.2 Å². The molecule has 1 saturated heterocycles. The fourth-order valence-electron chi connectivity index (χ4n) is 5.42. The summed E-state index contributed by atoms with van der Waals surface area (Å²) in [4.78, 5) is 35.7. The van der Waals surface area contributed by atoms with Crippen LogP contribution in [0.4, 0.5) is 22.7 Å². The van der Waals surface area contributed by atoms with E-state index in [0.29, 0.717) is 5.56 Å². The Morgan fingerprint density at radius 1 is 0.882 bits per heavy atom. The summed E-state index contributed by atoms with van der Waals surface area (Å²) < 4.78 is 60.2. The number of sulfonamides is 1. The number of non-ortho nitro benzene ring substituents is 2. The van der Waals surface area contributed by atoms with Crippen LogP contribution in [0.1, 0.15) is 35.7 Å². The van der Waals surface area contributed by atoms with Crippen molar-refractivity contribution in [1.82, 2.24) is 4.31 Å². The van der Waals surface area contributed by atoms with Gasteiger partial charge in [-0.1, -0.05) is 29.8 Å². The number of hydrogen-bond acceptors (Lipinski definition) is 11. The molecule has 0 bridgehead atoms. The number of carbonyl (C=O) groups is 1. The van der Waals surface area contributed by atoms with Gasteiger partial charge in [0.1, 0.15) is 0 Å². The molecule has 268 valence electrons. The van der Waals surface area contributed by atoms with Crippen molar-refractivity contribution in [1.29, 1.82) is 0 Å². The molecular weight excluding hydrogens is 726 g/mol. The molecule has 15 nitrogen and oxygen atoms in total. The van der Waals surface area contributed by atoms with Crippen LogP contribution in [-0.2, 0) is 30.9 Å². The fraction of sp³-hybridized carbons (Fsp3) is 0.242. The van der Waals surface area contributed by atoms with Crippen LogP contribution in [0.5, 0.6) is 0 Å². The van der Waals surface area contributed by atoms with E-state index in [1.165, 1.54) is 6.92 Å². The summed E-state index contributed by atoms with van der Waals surface area (Å²) in [5, 5.41) is 25.2. The molecule has 1 amide bonds. The predicted molar refractivity (Wildman–Crippen MR) is 189 cm³/mol. The number of nitrogens with zero attached hydrogens (tertiary/aromatic N) is 4. The molecule has 4 aromatic carbocycles. The van der Waals surface area contributed by atoms with E-state index < -0.39 is 48.5 Å². The minimum absolute atomic E-state index is 0.197. The Kier molecular flexibility index (Phi) is 11.4. The number of nitrogens with one attached hydrogen (secondary N) is 1. The topological polar surface area (TPSA) is 199 Å². The maximum absolute atomic E-state index is 14.1. The lowest BCUT2D eigenvalue weighted by Crippen LogP contribution is -2.41. The molecular formula is C33H32ClN5O10S2. The van der Waals surface area contributed by atoms with Gasteiger partial charge in [-0.25, -0.2) is 8.42 Å². The maximum atomic E-state index is 14.1. The largest absolute Gasteiger partial charge is 0.371 e. The van der Waals surface area contributed by atoms with Crippen LogP contribution in [0.15, 0.2) is 101 Å². The number of carbonyl (C=O) groups excluding carboxylic acids is 1. The first kappa shape index (κ1) is 37.3. The van der Waals surface area contributed by atoms with E-state index in [2.05, 4.69) is 10.2 Å². The molecule has 0 aromatic heterocycles. The lowest BCUT2D eigenvalue weighted by molar-refractivity contribution is -0.385. The Morgan fingerprint density at radius 3 is 2.02 bits per heavy atom. The van der Waals surface area contributed by atoms with Gasteiger partial charge in [0.05, 0.1) is 36.8 Å². The summed E-state index contributed by atoms with van der Waals surface area (Å²) in [7, 11) is -8.97. The second kappa shape index (κ2) is 15.5. The van der Waals surface area contributed by atoms with Gasteiger partial charge in [-0.15, -0.1) is 0 Å². The van der Waals surface area contributed by atoms with E-state index in [1.54, 1.807) is 36.4 Å². The maximum Gasteiger partial charge on any atom is 0.297 e. The Morgan fingerprint density at radius 2 is 1.45 bits per heavy atom. The molecule has 1 N–H and O–H groups in total. The summed E-state index contributed by atoms with van der Waals surface area (Å²) in [6.45, 7) is 2.11. The minimum Gasteiger partial charge on any atom is -0.371 e. The van der Waals surface area contributed by atoms with E-state index in [4.69, 9.17) is 15.8 Å². The van der Waals surface area contributed by atoms with Gasteiger partial charge in [0.25, 0.3) is 27.4 Å². The number of hydrogen-bond donors (Lipinski definition) is 1. The third kappa shape index (κ3) is 8.69. The van der Waals surface area contributed by atoms with Gasteiger partial charge in [-0.2, -0.15) is 12.7 Å². The number of nitro benzene ring substituents is 2. The zero-order valence-electron chi connectivity index (χ0n) is 27.0. The number of nitro groups is 2. The smallest absolute Gasteiger partial charge is 0.297 e. The first-order valence-corrected chi connectivity index (χ1v) is 18.7. The highest BCUT2D eigenvalue weighted by Gasteiger charge is 2.32. The van der Waals surface area contributed by atoms with Gasteiger partial charge in [0.2, 0.25) is 10.0 Å². The van der Waals surface area contributed by atoms with Gasteiger partial charge in [-0.05, 0) is 73.9 Å². The van der Waals surface area contributed by atoms with Gasteiger partial charge >= 0.3 is 0 Å². The van der Waals surface area contributed by atoms with Crippen molar-refractivity contribution < 1.29 is 35.7 Å². The molecule has 0 unspecified atom stereocenters. The quantitative estimate of drug-likeness (QED) is 0.0900. The van der Waals surface area contributed by atoms with Gasteiger partial charge in [-0.3, -0.25) is 29.2 Å². The molecule has 0 saturated carbocycles. The van der Waals surface area contributed by atoms with Crippen molar-refractivity contribution in [3.63, 3.8) is 0 Å². The van der Waals surface area contributed by atoms with Crippen LogP contribution in [0.2, 0.25) is 5.02 Å². The Hall–Kier alpha value is -4.94. The summed E-state index contributed by atoms with van der Waals surface area (Å²) in [5.41, 5.74) is 0.987. The first-order valence-electron chi connectivity index (χ1n) is 15.5. The highest BCUT2D eigenvalue weighted by Crippen LogP contribution is 2.30. The molecule has 0 aliphatic carbocycles. The van der Waals surface area contributed by atoms with Crippen LogP contribution in [0.25, 0.3) is 0 Å². The van der Waals surface area contributed by atoms with E-state index in [-0.39, 0.29) is 44.0 Å². The first-order chi connectivity index (χ1) is 24.2. The Bertz CT molecular complexity index is 2160. The Labute approximate surface area is 298 Å². The average Bonchev–Trinajstić information content (AvgIpc) is 3.65. The lowest BCUT2D eigenvalue weighted by atomic mass is 10.1.